The van der Waals surface area contributed by atoms with E-state index in [4.69, 9.17) is 4.74 Å². The Bertz CT molecular complexity index is 610. The molecule has 0 spiro atoms. The Kier molecular flexibility index (Phi) is 5.42. The molecule has 0 saturated heterocycles. The number of alkyl carbamates (subject to hydrolysis) is 1. The van der Waals surface area contributed by atoms with Crippen molar-refractivity contribution in [2.75, 3.05) is 6.54 Å². The molecule has 0 aromatic heterocycles. The summed E-state index contributed by atoms with van der Waals surface area (Å²) in [4.78, 5) is 21.7. The Hall–Kier alpha value is -2.42. The minimum Gasteiger partial charge on any atom is -0.444 e. The lowest BCUT2D eigenvalue weighted by Gasteiger charge is -2.18. The number of amides is 1. The molecule has 0 aliphatic heterocycles. The summed E-state index contributed by atoms with van der Waals surface area (Å²) in [6, 6.07) is 1.60. The summed E-state index contributed by atoms with van der Waals surface area (Å²) in [5.74, 6) is 3.19. The summed E-state index contributed by atoms with van der Waals surface area (Å²) in [5.41, 5.74) is -1.19. The topological polar surface area (TPSA) is 55.4 Å². The molecule has 21 heavy (non-hydrogen) atoms. The summed E-state index contributed by atoms with van der Waals surface area (Å²) < 4.78 is 31.8. The van der Waals surface area contributed by atoms with Crippen molar-refractivity contribution in [3.05, 3.63) is 34.9 Å². The van der Waals surface area contributed by atoms with Crippen LogP contribution in [0.3, 0.4) is 0 Å². The van der Waals surface area contributed by atoms with Gasteiger partial charge in [-0.05, 0) is 32.9 Å². The van der Waals surface area contributed by atoms with Crippen molar-refractivity contribution in [3.63, 3.8) is 0 Å². The van der Waals surface area contributed by atoms with Crippen LogP contribution in [-0.4, -0.2) is 24.5 Å². The molecule has 1 aromatic carbocycles. The number of hydrogen-bond acceptors (Lipinski definition) is 3. The standard InChI is InChI=1S/C15H15F2NO3/c1-15(2,3)21-14(20)18-6-4-5-10-7-13(17)11(9-19)8-12(10)16/h7-9H,6H2,1-3H3,(H,18,20). The number of halogens is 2. The Morgan fingerprint density at radius 2 is 2.00 bits per heavy atom. The molecule has 0 radical (unpaired) electrons. The molecule has 0 bridgehead atoms. The Morgan fingerprint density at radius 3 is 2.57 bits per heavy atom. The van der Waals surface area contributed by atoms with Crippen LogP contribution in [0.4, 0.5) is 13.6 Å². The molecule has 6 heteroatoms. The Labute approximate surface area is 121 Å². The second-order valence-electron chi connectivity index (χ2n) is 5.13. The van der Waals surface area contributed by atoms with Crippen molar-refractivity contribution in [1.29, 1.82) is 0 Å². The molecule has 4 nitrogen and oxygen atoms in total. The molecule has 1 N–H and O–H groups in total. The van der Waals surface area contributed by atoms with E-state index in [2.05, 4.69) is 17.2 Å². The number of ether oxygens (including phenoxy) is 1. The van der Waals surface area contributed by atoms with E-state index in [1.807, 2.05) is 0 Å². The average molecular weight is 295 g/mol. The van der Waals surface area contributed by atoms with Crippen LogP contribution in [0.2, 0.25) is 0 Å². The first kappa shape index (κ1) is 16.6. The van der Waals surface area contributed by atoms with E-state index in [1.165, 1.54) is 0 Å². The molecule has 1 amide bonds. The Morgan fingerprint density at radius 1 is 1.33 bits per heavy atom. The molecule has 1 aromatic rings. The fourth-order valence-electron chi connectivity index (χ4n) is 1.32. The van der Waals surface area contributed by atoms with Crippen molar-refractivity contribution >= 4 is 12.4 Å². The zero-order valence-electron chi connectivity index (χ0n) is 11.9. The first-order valence-electron chi connectivity index (χ1n) is 6.13. The van der Waals surface area contributed by atoms with Crippen LogP contribution in [-0.2, 0) is 4.74 Å². The SMILES string of the molecule is CC(C)(C)OC(=O)NCC#Cc1cc(F)c(C=O)cc1F. The van der Waals surface area contributed by atoms with Gasteiger partial charge in [-0.1, -0.05) is 11.8 Å². The highest BCUT2D eigenvalue weighted by molar-refractivity contribution is 5.75. The third-order valence-electron chi connectivity index (χ3n) is 2.16. The van der Waals surface area contributed by atoms with Crippen LogP contribution in [0.5, 0.6) is 0 Å². The maximum atomic E-state index is 13.5. The van der Waals surface area contributed by atoms with Gasteiger partial charge in [0.25, 0.3) is 0 Å². The van der Waals surface area contributed by atoms with Crippen molar-refractivity contribution in [2.45, 2.75) is 26.4 Å². The molecule has 112 valence electrons. The van der Waals surface area contributed by atoms with Gasteiger partial charge in [0, 0.05) is 0 Å². The zero-order chi connectivity index (χ0) is 16.0. The van der Waals surface area contributed by atoms with E-state index in [0.29, 0.717) is 0 Å². The van der Waals surface area contributed by atoms with Gasteiger partial charge in [0.05, 0.1) is 17.7 Å². The van der Waals surface area contributed by atoms with Gasteiger partial charge in [-0.2, -0.15) is 0 Å². The van der Waals surface area contributed by atoms with Crippen molar-refractivity contribution < 1.29 is 23.1 Å². The van der Waals surface area contributed by atoms with Crippen LogP contribution >= 0.6 is 0 Å². The maximum Gasteiger partial charge on any atom is 0.408 e. The minimum atomic E-state index is -0.851. The lowest BCUT2D eigenvalue weighted by Crippen LogP contribution is -2.32. The summed E-state index contributed by atoms with van der Waals surface area (Å²) in [6.45, 7) is 5.06. The van der Waals surface area contributed by atoms with Crippen LogP contribution < -0.4 is 5.32 Å². The lowest BCUT2D eigenvalue weighted by atomic mass is 10.1. The van der Waals surface area contributed by atoms with Gasteiger partial charge in [-0.25, -0.2) is 13.6 Å². The van der Waals surface area contributed by atoms with Gasteiger partial charge < -0.3 is 10.1 Å². The van der Waals surface area contributed by atoms with Crippen LogP contribution in [0, 0.1) is 23.5 Å². The Balaban J connectivity index is 2.66. The predicted molar refractivity (Wildman–Crippen MR) is 72.9 cm³/mol. The fraction of sp³-hybridized carbons (Fsp3) is 0.333. The third kappa shape index (κ3) is 5.61. The van der Waals surface area contributed by atoms with Crippen molar-refractivity contribution in [3.8, 4) is 11.8 Å². The van der Waals surface area contributed by atoms with E-state index in [9.17, 15) is 18.4 Å². The van der Waals surface area contributed by atoms with Crippen LogP contribution in [0.25, 0.3) is 0 Å². The van der Waals surface area contributed by atoms with Gasteiger partial charge in [-0.15, -0.1) is 0 Å². The van der Waals surface area contributed by atoms with E-state index in [-0.39, 0.29) is 24.0 Å². The van der Waals surface area contributed by atoms with Gasteiger partial charge in [-0.3, -0.25) is 4.79 Å². The lowest BCUT2D eigenvalue weighted by molar-refractivity contribution is 0.0535. The molecular weight excluding hydrogens is 280 g/mol. The van der Waals surface area contributed by atoms with Gasteiger partial charge in [0.2, 0.25) is 0 Å². The van der Waals surface area contributed by atoms with Gasteiger partial charge in [0.1, 0.15) is 17.2 Å². The smallest absolute Gasteiger partial charge is 0.408 e. The summed E-state index contributed by atoms with van der Waals surface area (Å²) in [5, 5.41) is 2.36. The molecule has 0 unspecified atom stereocenters. The quantitative estimate of drug-likeness (QED) is 0.674. The van der Waals surface area contributed by atoms with E-state index < -0.39 is 23.3 Å². The van der Waals surface area contributed by atoms with Crippen molar-refractivity contribution in [1.82, 2.24) is 5.32 Å². The highest BCUT2D eigenvalue weighted by Crippen LogP contribution is 2.12. The fourth-order valence-corrected chi connectivity index (χ4v) is 1.32. The molecule has 0 heterocycles. The van der Waals surface area contributed by atoms with E-state index in [0.717, 1.165) is 12.1 Å². The second-order valence-corrected chi connectivity index (χ2v) is 5.13. The number of rotatable bonds is 2. The largest absolute Gasteiger partial charge is 0.444 e. The maximum absolute atomic E-state index is 13.5. The summed E-state index contributed by atoms with van der Waals surface area (Å²) in [6.07, 6.45) is -0.431. The average Bonchev–Trinajstić information content (AvgIpc) is 2.35. The molecule has 1 rings (SSSR count). The first-order valence-corrected chi connectivity index (χ1v) is 6.13. The minimum absolute atomic E-state index is 0.0780. The van der Waals surface area contributed by atoms with Gasteiger partial charge >= 0.3 is 6.09 Å². The molecule has 0 aliphatic carbocycles. The number of hydrogen-bond donors (Lipinski definition) is 1. The third-order valence-corrected chi connectivity index (χ3v) is 2.16. The zero-order valence-corrected chi connectivity index (χ0v) is 11.9. The number of aldehydes is 1. The predicted octanol–water partition coefficient (Wildman–Crippen LogP) is 2.65. The normalized spacial score (nSPS) is 10.3. The molecular formula is C15H15F2NO3. The summed E-state index contributed by atoms with van der Waals surface area (Å²) in [7, 11) is 0. The summed E-state index contributed by atoms with van der Waals surface area (Å²) >= 11 is 0. The van der Waals surface area contributed by atoms with Crippen LogP contribution in [0.1, 0.15) is 36.7 Å². The van der Waals surface area contributed by atoms with Crippen LogP contribution in [0.15, 0.2) is 12.1 Å². The number of carbonyl (C=O) groups is 2. The number of carbonyl (C=O) groups excluding carboxylic acids is 2. The molecule has 0 fully saturated rings. The molecule has 0 saturated carbocycles. The number of benzene rings is 1. The highest BCUT2D eigenvalue weighted by Gasteiger charge is 2.15. The molecule has 0 atom stereocenters. The number of nitrogens with one attached hydrogen (secondary N) is 1. The molecule has 0 aliphatic rings. The van der Waals surface area contributed by atoms with Gasteiger partial charge in [0.15, 0.2) is 6.29 Å². The monoisotopic (exact) mass is 295 g/mol. The van der Waals surface area contributed by atoms with Crippen molar-refractivity contribution in [2.24, 2.45) is 0 Å². The second kappa shape index (κ2) is 6.84. The first-order chi connectivity index (χ1) is 9.73. The van der Waals surface area contributed by atoms with E-state index in [1.54, 1.807) is 20.8 Å². The highest BCUT2D eigenvalue weighted by atomic mass is 19.1. The van der Waals surface area contributed by atoms with E-state index >= 15 is 0 Å².